The lowest BCUT2D eigenvalue weighted by Gasteiger charge is -2.13. The van der Waals surface area contributed by atoms with E-state index in [1.54, 1.807) is 62.4 Å². The Morgan fingerprint density at radius 2 is 1.86 bits per heavy atom. The Bertz CT molecular complexity index is 1690. The molecule has 1 aliphatic heterocycles. The molecule has 4 aromatic rings. The van der Waals surface area contributed by atoms with Crippen LogP contribution in [0, 0.1) is 13.8 Å². The molecular formula is C24H21N5O5S2. The summed E-state index contributed by atoms with van der Waals surface area (Å²) in [6, 6.07) is 13.9. The van der Waals surface area contributed by atoms with Gasteiger partial charge >= 0.3 is 6.03 Å². The number of thiophene rings is 1. The summed E-state index contributed by atoms with van der Waals surface area (Å²) in [6.07, 6.45) is 0. The lowest BCUT2D eigenvalue weighted by atomic mass is 10.1. The van der Waals surface area contributed by atoms with Crippen LogP contribution in [-0.2, 0) is 14.8 Å². The summed E-state index contributed by atoms with van der Waals surface area (Å²) in [7, 11) is -3.96. The second-order valence-corrected chi connectivity index (χ2v) is 11.2. The fourth-order valence-electron chi connectivity index (χ4n) is 3.82. The Hall–Kier alpha value is -4.03. The molecular weight excluding hydrogens is 502 g/mol. The Morgan fingerprint density at radius 1 is 1.08 bits per heavy atom. The largest absolute Gasteiger partial charge is 0.476 e. The number of fused-ring (bicyclic) bond motifs is 1. The standard InChI is InChI=1S/C24H21N5O5S2/c1-14-3-10-21(35-14)36(32,33)28-24(31)27-17-5-7-18(8-6-17)29-15(2)26-20-13-16(22-25-11-12-34-22)4-9-19(20)23(29)30/h3-10,13H,11-12H2,1-2H3,(H2,27,28,31). The van der Waals surface area contributed by atoms with Crippen LogP contribution in [0.15, 0.2) is 68.6 Å². The maximum absolute atomic E-state index is 13.3. The lowest BCUT2D eigenvalue weighted by molar-refractivity contribution is 0.256. The third-order valence-electron chi connectivity index (χ3n) is 5.46. The molecule has 3 heterocycles. The topological polar surface area (TPSA) is 132 Å². The average Bonchev–Trinajstić information content (AvgIpc) is 3.52. The van der Waals surface area contributed by atoms with Gasteiger partial charge in [-0.3, -0.25) is 9.36 Å². The first-order valence-corrected chi connectivity index (χ1v) is 13.2. The summed E-state index contributed by atoms with van der Waals surface area (Å²) in [5, 5.41) is 2.94. The third kappa shape index (κ3) is 4.60. The van der Waals surface area contributed by atoms with Gasteiger partial charge in [-0.1, -0.05) is 0 Å². The van der Waals surface area contributed by atoms with Gasteiger partial charge in [0.2, 0.25) is 5.90 Å². The Labute approximate surface area is 210 Å². The van der Waals surface area contributed by atoms with Crippen molar-refractivity contribution < 1.29 is 17.9 Å². The molecule has 0 radical (unpaired) electrons. The molecule has 1 aliphatic rings. The summed E-state index contributed by atoms with van der Waals surface area (Å²) in [6.45, 7) is 4.66. The first-order chi connectivity index (χ1) is 17.2. The number of benzene rings is 2. The number of nitrogens with one attached hydrogen (secondary N) is 2. The number of carbonyl (C=O) groups excluding carboxylic acids is 1. The van der Waals surface area contributed by atoms with Crippen LogP contribution in [0.2, 0.25) is 0 Å². The van der Waals surface area contributed by atoms with E-state index in [9.17, 15) is 18.0 Å². The zero-order valence-electron chi connectivity index (χ0n) is 19.3. The molecule has 0 aliphatic carbocycles. The average molecular weight is 524 g/mol. The highest BCUT2D eigenvalue weighted by Crippen LogP contribution is 2.21. The number of ether oxygens (including phenoxy) is 1. The van der Waals surface area contributed by atoms with Crippen LogP contribution in [0.4, 0.5) is 10.5 Å². The SMILES string of the molecule is Cc1ccc(S(=O)(=O)NC(=O)Nc2ccc(-n3c(C)nc4cc(C5=NCCO5)ccc4c3=O)cc2)s1. The molecule has 2 amide bonds. The van der Waals surface area contributed by atoms with Gasteiger partial charge in [0.25, 0.3) is 15.6 Å². The molecule has 0 spiro atoms. The minimum Gasteiger partial charge on any atom is -0.476 e. The van der Waals surface area contributed by atoms with E-state index < -0.39 is 16.1 Å². The Kier molecular flexibility index (Phi) is 6.06. The van der Waals surface area contributed by atoms with Gasteiger partial charge in [0.1, 0.15) is 16.6 Å². The number of nitrogens with zero attached hydrogens (tertiary/aromatic N) is 3. The van der Waals surface area contributed by atoms with Crippen LogP contribution in [0.25, 0.3) is 16.6 Å². The Balaban J connectivity index is 1.36. The van der Waals surface area contributed by atoms with Crippen molar-refractivity contribution in [3.63, 3.8) is 0 Å². The predicted molar refractivity (Wildman–Crippen MR) is 138 cm³/mol. The van der Waals surface area contributed by atoms with Gasteiger partial charge in [0.05, 0.1) is 23.1 Å². The first kappa shape index (κ1) is 23.7. The van der Waals surface area contributed by atoms with E-state index in [1.165, 1.54) is 10.6 Å². The number of hydrogen-bond acceptors (Lipinski definition) is 8. The molecule has 36 heavy (non-hydrogen) atoms. The van der Waals surface area contributed by atoms with E-state index in [4.69, 9.17) is 4.74 Å². The molecule has 2 aromatic heterocycles. The number of urea groups is 1. The molecule has 184 valence electrons. The fraction of sp³-hybridized carbons (Fsp3) is 0.167. The van der Waals surface area contributed by atoms with Crippen molar-refractivity contribution in [2.24, 2.45) is 4.99 Å². The smallest absolute Gasteiger partial charge is 0.333 e. The van der Waals surface area contributed by atoms with E-state index in [0.29, 0.717) is 47.2 Å². The molecule has 2 N–H and O–H groups in total. The van der Waals surface area contributed by atoms with E-state index in [0.717, 1.165) is 21.8 Å². The number of hydrogen-bond donors (Lipinski definition) is 2. The highest BCUT2D eigenvalue weighted by molar-refractivity contribution is 7.92. The van der Waals surface area contributed by atoms with Crippen LogP contribution in [0.5, 0.6) is 0 Å². The van der Waals surface area contributed by atoms with Gasteiger partial charge in [-0.25, -0.2) is 27.9 Å². The van der Waals surface area contributed by atoms with Crippen molar-refractivity contribution in [2.45, 2.75) is 18.1 Å². The number of carbonyl (C=O) groups is 1. The highest BCUT2D eigenvalue weighted by atomic mass is 32.2. The van der Waals surface area contributed by atoms with E-state index in [1.807, 2.05) is 4.72 Å². The third-order valence-corrected chi connectivity index (χ3v) is 8.28. The van der Waals surface area contributed by atoms with Crippen molar-refractivity contribution in [3.05, 3.63) is 81.2 Å². The number of aliphatic imine (C=N–C) groups is 1. The van der Waals surface area contributed by atoms with Crippen LogP contribution in [-0.4, -0.2) is 43.0 Å². The molecule has 0 fully saturated rings. The van der Waals surface area contributed by atoms with E-state index in [-0.39, 0.29) is 9.77 Å². The van der Waals surface area contributed by atoms with Crippen LogP contribution >= 0.6 is 11.3 Å². The molecule has 0 atom stereocenters. The monoisotopic (exact) mass is 523 g/mol. The number of amides is 2. The van der Waals surface area contributed by atoms with Crippen LogP contribution < -0.4 is 15.6 Å². The molecule has 10 nitrogen and oxygen atoms in total. The number of aromatic nitrogens is 2. The fourth-order valence-corrected chi connectivity index (χ4v) is 6.01. The molecule has 0 saturated heterocycles. The number of sulfonamides is 1. The van der Waals surface area contributed by atoms with Crippen molar-refractivity contribution in [1.82, 2.24) is 14.3 Å². The molecule has 0 bridgehead atoms. The maximum atomic E-state index is 13.3. The zero-order chi connectivity index (χ0) is 25.4. The molecule has 0 saturated carbocycles. The molecule has 0 unspecified atom stereocenters. The highest BCUT2D eigenvalue weighted by Gasteiger charge is 2.20. The number of rotatable bonds is 5. The van der Waals surface area contributed by atoms with Gasteiger partial charge in [0.15, 0.2) is 0 Å². The predicted octanol–water partition coefficient (Wildman–Crippen LogP) is 3.35. The minimum absolute atomic E-state index is 0.0556. The number of anilines is 1. The van der Waals surface area contributed by atoms with Gasteiger partial charge in [-0.05, 0) is 68.4 Å². The first-order valence-electron chi connectivity index (χ1n) is 10.9. The van der Waals surface area contributed by atoms with Gasteiger partial charge < -0.3 is 10.1 Å². The zero-order valence-corrected chi connectivity index (χ0v) is 20.9. The summed E-state index contributed by atoms with van der Waals surface area (Å²) in [5.74, 6) is 1.03. The normalized spacial score (nSPS) is 13.3. The van der Waals surface area contributed by atoms with Gasteiger partial charge in [-0.2, -0.15) is 0 Å². The van der Waals surface area contributed by atoms with Crippen molar-refractivity contribution in [1.29, 1.82) is 0 Å². The van der Waals surface area contributed by atoms with Crippen LogP contribution in [0.3, 0.4) is 0 Å². The summed E-state index contributed by atoms with van der Waals surface area (Å²) < 4.78 is 33.7. The summed E-state index contributed by atoms with van der Waals surface area (Å²) in [4.78, 5) is 35.2. The quantitative estimate of drug-likeness (QED) is 0.412. The van der Waals surface area contributed by atoms with Crippen molar-refractivity contribution in [3.8, 4) is 5.69 Å². The van der Waals surface area contributed by atoms with E-state index in [2.05, 4.69) is 15.3 Å². The van der Waals surface area contributed by atoms with E-state index >= 15 is 0 Å². The minimum atomic E-state index is -3.96. The second-order valence-electron chi connectivity index (χ2n) is 8.04. The molecule has 2 aromatic carbocycles. The van der Waals surface area contributed by atoms with Crippen LogP contribution in [0.1, 0.15) is 16.3 Å². The van der Waals surface area contributed by atoms with Gasteiger partial charge in [-0.15, -0.1) is 11.3 Å². The van der Waals surface area contributed by atoms with Gasteiger partial charge in [0, 0.05) is 16.1 Å². The van der Waals surface area contributed by atoms with Crippen molar-refractivity contribution in [2.75, 3.05) is 18.5 Å². The summed E-state index contributed by atoms with van der Waals surface area (Å²) in [5.41, 5.74) is 1.98. The summed E-state index contributed by atoms with van der Waals surface area (Å²) >= 11 is 1.07. The lowest BCUT2D eigenvalue weighted by Crippen LogP contribution is -2.33. The maximum Gasteiger partial charge on any atom is 0.333 e. The molecule has 5 rings (SSSR count). The number of aryl methyl sites for hydroxylation is 2. The Morgan fingerprint density at radius 3 is 2.53 bits per heavy atom. The van der Waals surface area contributed by atoms with Crippen molar-refractivity contribution >= 4 is 49.9 Å². The second kappa shape index (κ2) is 9.21. The molecule has 12 heteroatoms.